The number of amides is 1. The second kappa shape index (κ2) is 11.5. The fraction of sp³-hybridized carbons (Fsp3) is 0.240. The average Bonchev–Trinajstić information content (AvgIpc) is 2.87. The summed E-state index contributed by atoms with van der Waals surface area (Å²) in [6, 6.07) is 23.6. The molecule has 9 heteroatoms. The zero-order valence-corrected chi connectivity index (χ0v) is 20.2. The van der Waals surface area contributed by atoms with Crippen LogP contribution in [0.15, 0.2) is 83.8 Å². The van der Waals surface area contributed by atoms with Crippen LogP contribution >= 0.6 is 11.8 Å². The maximum atomic E-state index is 13.1. The third-order valence-electron chi connectivity index (χ3n) is 5.15. The van der Waals surface area contributed by atoms with Crippen molar-refractivity contribution in [3.63, 3.8) is 0 Å². The van der Waals surface area contributed by atoms with Gasteiger partial charge in [-0.05, 0) is 35.9 Å². The Balaban J connectivity index is 1.52. The molecule has 0 unspecified atom stereocenters. The molecule has 0 bridgehead atoms. The van der Waals surface area contributed by atoms with E-state index in [2.05, 4.69) is 5.32 Å². The smallest absolute Gasteiger partial charge is 0.243 e. The van der Waals surface area contributed by atoms with Gasteiger partial charge in [0.25, 0.3) is 0 Å². The van der Waals surface area contributed by atoms with Crippen molar-refractivity contribution < 1.29 is 22.7 Å². The number of ether oxygens (including phenoxy) is 2. The minimum atomic E-state index is -3.72. The Morgan fingerprint density at radius 2 is 1.65 bits per heavy atom. The lowest BCUT2D eigenvalue weighted by molar-refractivity contribution is -0.113. The van der Waals surface area contributed by atoms with E-state index in [-0.39, 0.29) is 16.6 Å². The van der Waals surface area contributed by atoms with E-state index in [4.69, 9.17) is 9.47 Å². The monoisotopic (exact) mass is 498 g/mol. The molecule has 1 aliphatic rings. The molecule has 178 valence electrons. The molecule has 0 atom stereocenters. The van der Waals surface area contributed by atoms with E-state index in [0.29, 0.717) is 49.2 Å². The molecule has 1 heterocycles. The van der Waals surface area contributed by atoms with Crippen LogP contribution in [-0.2, 0) is 25.3 Å². The first-order valence-corrected chi connectivity index (χ1v) is 13.5. The van der Waals surface area contributed by atoms with Crippen molar-refractivity contribution in [3.05, 3.63) is 84.4 Å². The van der Waals surface area contributed by atoms with Crippen LogP contribution in [0.5, 0.6) is 11.5 Å². The maximum absolute atomic E-state index is 13.1. The van der Waals surface area contributed by atoms with Crippen LogP contribution in [0, 0.1) is 0 Å². The lowest BCUT2D eigenvalue weighted by Gasteiger charge is -2.26. The number of rotatable bonds is 9. The zero-order chi connectivity index (χ0) is 23.8. The number of hydrogen-bond donors (Lipinski definition) is 1. The van der Waals surface area contributed by atoms with E-state index in [1.54, 1.807) is 18.2 Å². The fourth-order valence-electron chi connectivity index (χ4n) is 3.43. The van der Waals surface area contributed by atoms with E-state index < -0.39 is 10.0 Å². The molecule has 3 aromatic rings. The highest BCUT2D eigenvalue weighted by Gasteiger charge is 2.27. The summed E-state index contributed by atoms with van der Waals surface area (Å²) in [6.07, 6.45) is 0. The lowest BCUT2D eigenvalue weighted by Crippen LogP contribution is -2.40. The fourth-order valence-corrected chi connectivity index (χ4v) is 5.65. The molecule has 1 saturated heterocycles. The number of para-hydroxylation sites is 1. The van der Waals surface area contributed by atoms with Crippen molar-refractivity contribution in [1.29, 1.82) is 0 Å². The van der Waals surface area contributed by atoms with Crippen LogP contribution in [0.25, 0.3) is 0 Å². The molecule has 0 spiro atoms. The molecule has 34 heavy (non-hydrogen) atoms. The Bertz CT molecular complexity index is 1200. The van der Waals surface area contributed by atoms with Crippen LogP contribution in [-0.4, -0.2) is 50.7 Å². The van der Waals surface area contributed by atoms with Crippen molar-refractivity contribution in [1.82, 2.24) is 4.31 Å². The van der Waals surface area contributed by atoms with Crippen molar-refractivity contribution in [3.8, 4) is 11.5 Å². The van der Waals surface area contributed by atoms with E-state index in [9.17, 15) is 13.2 Å². The highest BCUT2D eigenvalue weighted by atomic mass is 32.2. The number of nitrogens with zero attached hydrogens (tertiary/aromatic N) is 1. The number of nitrogens with one attached hydrogen (secondary N) is 1. The number of carbonyl (C=O) groups is 1. The van der Waals surface area contributed by atoms with Gasteiger partial charge in [0.1, 0.15) is 5.75 Å². The molecule has 0 saturated carbocycles. The Hall–Kier alpha value is -2.85. The predicted octanol–water partition coefficient (Wildman–Crippen LogP) is 4.37. The van der Waals surface area contributed by atoms with E-state index in [1.165, 1.54) is 28.2 Å². The molecule has 4 rings (SSSR count). The molecule has 7 nitrogen and oxygen atoms in total. The molecule has 1 amide bonds. The number of sulfonamides is 1. The molecule has 0 radical (unpaired) electrons. The first-order valence-electron chi connectivity index (χ1n) is 10.9. The average molecular weight is 499 g/mol. The maximum Gasteiger partial charge on any atom is 0.243 e. The predicted molar refractivity (Wildman–Crippen MR) is 134 cm³/mol. The van der Waals surface area contributed by atoms with Gasteiger partial charge in [-0.3, -0.25) is 4.79 Å². The van der Waals surface area contributed by atoms with Gasteiger partial charge in [-0.15, -0.1) is 11.8 Å². The van der Waals surface area contributed by atoms with Gasteiger partial charge in [0.2, 0.25) is 15.9 Å². The van der Waals surface area contributed by atoms with Crippen LogP contribution in [0.4, 0.5) is 5.69 Å². The van der Waals surface area contributed by atoms with Crippen molar-refractivity contribution in [2.24, 2.45) is 0 Å². The minimum absolute atomic E-state index is 0.0991. The SMILES string of the molecule is O=C(CSCc1ccccc1)Nc1cc(S(=O)(=O)N2CCOCC2)ccc1Oc1ccccc1. The van der Waals surface area contributed by atoms with E-state index in [1.807, 2.05) is 48.5 Å². The van der Waals surface area contributed by atoms with Crippen molar-refractivity contribution in [2.45, 2.75) is 10.6 Å². The third kappa shape index (κ3) is 6.38. The first-order chi connectivity index (χ1) is 16.5. The Kier molecular flexibility index (Phi) is 8.23. The van der Waals surface area contributed by atoms with Crippen molar-refractivity contribution >= 4 is 33.4 Å². The largest absolute Gasteiger partial charge is 0.455 e. The Labute approximate surface area is 204 Å². The van der Waals surface area contributed by atoms with Crippen molar-refractivity contribution in [2.75, 3.05) is 37.4 Å². The molecule has 1 fully saturated rings. The second-order valence-corrected chi connectivity index (χ2v) is 10.5. The topological polar surface area (TPSA) is 84.9 Å². The van der Waals surface area contributed by atoms with Crippen LogP contribution in [0.3, 0.4) is 0 Å². The zero-order valence-electron chi connectivity index (χ0n) is 18.6. The van der Waals surface area contributed by atoms with Gasteiger partial charge in [0, 0.05) is 18.8 Å². The Morgan fingerprint density at radius 3 is 2.35 bits per heavy atom. The number of benzene rings is 3. The van der Waals surface area contributed by atoms with Crippen LogP contribution < -0.4 is 10.1 Å². The van der Waals surface area contributed by atoms with E-state index >= 15 is 0 Å². The second-order valence-electron chi connectivity index (χ2n) is 7.62. The normalized spacial score (nSPS) is 14.5. The summed E-state index contributed by atoms with van der Waals surface area (Å²) in [6.45, 7) is 1.30. The summed E-state index contributed by atoms with van der Waals surface area (Å²) in [5.41, 5.74) is 1.44. The van der Waals surface area contributed by atoms with Gasteiger partial charge in [0.05, 0.1) is 29.5 Å². The van der Waals surface area contributed by atoms with Gasteiger partial charge in [-0.25, -0.2) is 8.42 Å². The summed E-state index contributed by atoms with van der Waals surface area (Å²) in [5, 5.41) is 2.84. The molecular weight excluding hydrogens is 472 g/mol. The summed E-state index contributed by atoms with van der Waals surface area (Å²) in [4.78, 5) is 12.8. The van der Waals surface area contributed by atoms with Crippen LogP contribution in [0.2, 0.25) is 0 Å². The molecular formula is C25H26N2O5S2. The molecule has 1 aliphatic heterocycles. The summed E-state index contributed by atoms with van der Waals surface area (Å²) < 4.78 is 38.9. The van der Waals surface area contributed by atoms with Crippen LogP contribution in [0.1, 0.15) is 5.56 Å². The first kappa shape index (κ1) is 24.3. The summed E-state index contributed by atoms with van der Waals surface area (Å²) >= 11 is 1.48. The van der Waals surface area contributed by atoms with E-state index in [0.717, 1.165) is 5.56 Å². The number of thioether (sulfide) groups is 1. The lowest BCUT2D eigenvalue weighted by atomic mass is 10.2. The molecule has 1 N–H and O–H groups in total. The summed E-state index contributed by atoms with van der Waals surface area (Å²) in [7, 11) is -3.72. The third-order valence-corrected chi connectivity index (χ3v) is 8.05. The molecule has 3 aromatic carbocycles. The van der Waals surface area contributed by atoms with Gasteiger partial charge in [0.15, 0.2) is 5.75 Å². The van der Waals surface area contributed by atoms with Gasteiger partial charge in [-0.1, -0.05) is 48.5 Å². The highest BCUT2D eigenvalue weighted by molar-refractivity contribution is 7.99. The number of carbonyl (C=O) groups excluding carboxylic acids is 1. The molecule has 0 aromatic heterocycles. The Morgan fingerprint density at radius 1 is 0.971 bits per heavy atom. The number of morpholine rings is 1. The number of hydrogen-bond acceptors (Lipinski definition) is 6. The quantitative estimate of drug-likeness (QED) is 0.472. The molecule has 0 aliphatic carbocycles. The van der Waals surface area contributed by atoms with Gasteiger partial charge >= 0.3 is 0 Å². The number of anilines is 1. The van der Waals surface area contributed by atoms with Gasteiger partial charge in [-0.2, -0.15) is 4.31 Å². The minimum Gasteiger partial charge on any atom is -0.455 e. The van der Waals surface area contributed by atoms with Gasteiger partial charge < -0.3 is 14.8 Å². The summed E-state index contributed by atoms with van der Waals surface area (Å²) in [5.74, 6) is 1.64. The highest BCUT2D eigenvalue weighted by Crippen LogP contribution is 2.33. The standard InChI is InChI=1S/C25H26N2O5S2/c28-25(19-33-18-20-7-3-1-4-8-20)26-23-17-22(34(29,30)27-13-15-31-16-14-27)11-12-24(23)32-21-9-5-2-6-10-21/h1-12,17H,13-16,18-19H2,(H,26,28).